The lowest BCUT2D eigenvalue weighted by molar-refractivity contribution is -0.110. The topological polar surface area (TPSA) is 74.8 Å². The van der Waals surface area contributed by atoms with Crippen molar-refractivity contribution in [3.63, 3.8) is 0 Å². The number of benzene rings is 1. The highest BCUT2D eigenvalue weighted by Crippen LogP contribution is 2.34. The molecule has 1 fully saturated rings. The minimum absolute atomic E-state index is 0.0198. The van der Waals surface area contributed by atoms with Crippen LogP contribution in [0.25, 0.3) is 11.3 Å². The third kappa shape index (κ3) is 4.28. The van der Waals surface area contributed by atoms with Crippen LogP contribution in [0.3, 0.4) is 0 Å². The molecule has 170 valence electrons. The average molecular weight is 445 g/mol. The van der Waals surface area contributed by atoms with Crippen LogP contribution in [0, 0.1) is 0 Å². The quantitative estimate of drug-likeness (QED) is 0.732. The van der Waals surface area contributed by atoms with Crippen molar-refractivity contribution in [3.05, 3.63) is 71.6 Å². The Morgan fingerprint density at radius 1 is 1.18 bits per heavy atom. The van der Waals surface area contributed by atoms with E-state index in [1.807, 2.05) is 47.4 Å². The Balaban J connectivity index is 1.22. The zero-order chi connectivity index (χ0) is 22.9. The second kappa shape index (κ2) is 8.83. The fraction of sp³-hybridized carbons (Fsp3) is 0.346. The number of carbonyl (C=O) groups is 2. The van der Waals surface area contributed by atoms with Gasteiger partial charge in [0.15, 0.2) is 0 Å². The van der Waals surface area contributed by atoms with Gasteiger partial charge in [0, 0.05) is 54.1 Å². The van der Waals surface area contributed by atoms with Gasteiger partial charge >= 0.3 is 0 Å². The highest BCUT2D eigenvalue weighted by atomic mass is 16.5. The van der Waals surface area contributed by atoms with Crippen molar-refractivity contribution in [3.8, 4) is 0 Å². The van der Waals surface area contributed by atoms with E-state index in [1.165, 1.54) is 0 Å². The van der Waals surface area contributed by atoms with Crippen molar-refractivity contribution in [1.29, 1.82) is 0 Å². The summed E-state index contributed by atoms with van der Waals surface area (Å²) in [6, 6.07) is 11.8. The van der Waals surface area contributed by atoms with Gasteiger partial charge in [0.05, 0.1) is 0 Å². The lowest BCUT2D eigenvalue weighted by Gasteiger charge is -2.35. The van der Waals surface area contributed by atoms with E-state index in [9.17, 15) is 9.59 Å². The molecule has 5 rings (SSSR count). The van der Waals surface area contributed by atoms with Crippen molar-refractivity contribution in [1.82, 2.24) is 14.8 Å². The number of hydrogen-bond donors (Lipinski definition) is 1. The molecule has 1 aromatic carbocycles. The van der Waals surface area contributed by atoms with E-state index in [-0.39, 0.29) is 17.9 Å². The lowest BCUT2D eigenvalue weighted by atomic mass is 10.0. The van der Waals surface area contributed by atoms with Gasteiger partial charge in [0.25, 0.3) is 11.8 Å². The maximum atomic E-state index is 12.8. The first-order valence-corrected chi connectivity index (χ1v) is 11.4. The molecule has 1 aromatic heterocycles. The molecule has 0 spiro atoms. The molecule has 4 heterocycles. The van der Waals surface area contributed by atoms with Gasteiger partial charge in [0.2, 0.25) is 0 Å². The van der Waals surface area contributed by atoms with Crippen molar-refractivity contribution in [2.75, 3.05) is 32.5 Å². The molecular formula is C26H28N4O3. The third-order valence-electron chi connectivity index (χ3n) is 6.63. The van der Waals surface area contributed by atoms with Crippen molar-refractivity contribution < 1.29 is 14.3 Å². The van der Waals surface area contributed by atoms with E-state index in [0.717, 1.165) is 48.5 Å². The molecule has 7 nitrogen and oxygen atoms in total. The summed E-state index contributed by atoms with van der Waals surface area (Å²) >= 11 is 0. The van der Waals surface area contributed by atoms with Crippen LogP contribution in [0.15, 0.2) is 54.7 Å². The second-order valence-corrected chi connectivity index (χ2v) is 8.96. The van der Waals surface area contributed by atoms with Crippen LogP contribution >= 0.6 is 0 Å². The Kier molecular flexibility index (Phi) is 5.72. The van der Waals surface area contributed by atoms with Crippen LogP contribution in [-0.2, 0) is 9.53 Å². The van der Waals surface area contributed by atoms with E-state index < -0.39 is 0 Å². The summed E-state index contributed by atoms with van der Waals surface area (Å²) in [5, 5.41) is 2.89. The first kappa shape index (κ1) is 21.4. The Labute approximate surface area is 193 Å². The van der Waals surface area contributed by atoms with Gasteiger partial charge in [0.1, 0.15) is 17.6 Å². The number of hydrogen-bond acceptors (Lipinski definition) is 5. The Morgan fingerprint density at radius 3 is 2.70 bits per heavy atom. The predicted molar refractivity (Wildman–Crippen MR) is 127 cm³/mol. The molecule has 0 saturated carbocycles. The molecule has 1 N–H and O–H groups in total. The van der Waals surface area contributed by atoms with Crippen molar-refractivity contribution in [2.24, 2.45) is 0 Å². The van der Waals surface area contributed by atoms with Crippen LogP contribution in [0.1, 0.15) is 40.9 Å². The van der Waals surface area contributed by atoms with Crippen molar-refractivity contribution >= 4 is 28.8 Å². The van der Waals surface area contributed by atoms with Gasteiger partial charge in [-0.15, -0.1) is 0 Å². The van der Waals surface area contributed by atoms with E-state index >= 15 is 0 Å². The van der Waals surface area contributed by atoms with E-state index in [1.54, 1.807) is 12.3 Å². The zero-order valence-corrected chi connectivity index (χ0v) is 19.0. The Morgan fingerprint density at radius 2 is 1.97 bits per heavy atom. The average Bonchev–Trinajstić information content (AvgIpc) is 3.43. The number of likely N-dealkylation sites (tertiary alicyclic amines) is 1. The summed E-state index contributed by atoms with van der Waals surface area (Å²) in [5.74, 6) is 0.600. The van der Waals surface area contributed by atoms with E-state index in [4.69, 9.17) is 4.74 Å². The first-order valence-electron chi connectivity index (χ1n) is 11.4. The molecule has 0 radical (unpaired) electrons. The maximum Gasteiger partial charge on any atom is 0.272 e. The smallest absolute Gasteiger partial charge is 0.272 e. The second-order valence-electron chi connectivity index (χ2n) is 8.96. The Hall–Kier alpha value is -3.45. The minimum atomic E-state index is -0.216. The largest absolute Gasteiger partial charge is 0.486 e. The van der Waals surface area contributed by atoms with E-state index in [0.29, 0.717) is 23.7 Å². The predicted octanol–water partition coefficient (Wildman–Crippen LogP) is 3.41. The highest BCUT2D eigenvalue weighted by Gasteiger charge is 2.28. The van der Waals surface area contributed by atoms with Crippen LogP contribution in [-0.4, -0.2) is 65.9 Å². The molecule has 3 aliphatic rings. The molecule has 0 aliphatic carbocycles. The first-order chi connectivity index (χ1) is 16.0. The standard InChI is InChI=1S/C26H28N4O3/c1-29(2)18-11-13-30(14-12-18)26(32)23-9-7-17(16-27-23)24-10-8-19(33-24)15-21-20-5-3-4-6-22(20)28-25(21)31/h3-7,9-10,15-16,18-19H,8,11-14H2,1-2H3,(H,28,31)/b21-15+. The molecule has 33 heavy (non-hydrogen) atoms. The number of nitrogens with one attached hydrogen (secondary N) is 1. The molecule has 0 bridgehead atoms. The SMILES string of the molecule is CN(C)C1CCN(C(=O)c2ccc(C3=CCC(/C=C4/C(=O)Nc5ccccc54)O3)cn2)CC1. The van der Waals surface area contributed by atoms with E-state index in [2.05, 4.69) is 29.3 Å². The number of pyridine rings is 1. The lowest BCUT2D eigenvalue weighted by Crippen LogP contribution is -2.44. The fourth-order valence-electron chi connectivity index (χ4n) is 4.67. The normalized spacial score (nSPS) is 21.7. The molecule has 2 amide bonds. The number of piperidine rings is 1. The summed E-state index contributed by atoms with van der Waals surface area (Å²) in [7, 11) is 4.18. The monoisotopic (exact) mass is 444 g/mol. The molecule has 1 saturated heterocycles. The summed E-state index contributed by atoms with van der Waals surface area (Å²) in [6.07, 6.45) is 8.01. The van der Waals surface area contributed by atoms with Crippen LogP contribution in [0.2, 0.25) is 0 Å². The van der Waals surface area contributed by atoms with Crippen LogP contribution in [0.5, 0.6) is 0 Å². The summed E-state index contributed by atoms with van der Waals surface area (Å²) in [6.45, 7) is 1.51. The molecule has 7 heteroatoms. The fourth-order valence-corrected chi connectivity index (χ4v) is 4.67. The third-order valence-corrected chi connectivity index (χ3v) is 6.63. The van der Waals surface area contributed by atoms with Gasteiger partial charge in [-0.2, -0.15) is 0 Å². The summed E-state index contributed by atoms with van der Waals surface area (Å²) in [4.78, 5) is 33.7. The number of anilines is 1. The van der Waals surface area contributed by atoms with Gasteiger partial charge in [-0.05, 0) is 57.3 Å². The molecule has 3 aliphatic heterocycles. The molecule has 1 unspecified atom stereocenters. The van der Waals surface area contributed by atoms with Gasteiger partial charge in [-0.3, -0.25) is 14.6 Å². The number of amides is 2. The number of fused-ring (bicyclic) bond motifs is 1. The number of para-hydroxylation sites is 1. The van der Waals surface area contributed by atoms with Gasteiger partial charge < -0.3 is 19.9 Å². The molecular weight excluding hydrogens is 416 g/mol. The summed E-state index contributed by atoms with van der Waals surface area (Å²) in [5.41, 5.74) is 3.66. The van der Waals surface area contributed by atoms with Gasteiger partial charge in [-0.1, -0.05) is 18.2 Å². The maximum absolute atomic E-state index is 12.8. The number of carbonyl (C=O) groups excluding carboxylic acids is 2. The Bertz CT molecular complexity index is 1130. The molecule has 1 atom stereocenters. The van der Waals surface area contributed by atoms with Crippen molar-refractivity contribution in [2.45, 2.75) is 31.4 Å². The number of nitrogens with zero attached hydrogens (tertiary/aromatic N) is 3. The zero-order valence-electron chi connectivity index (χ0n) is 19.0. The number of aromatic nitrogens is 1. The van der Waals surface area contributed by atoms with Crippen LogP contribution in [0.4, 0.5) is 5.69 Å². The molecule has 2 aromatic rings. The van der Waals surface area contributed by atoms with Gasteiger partial charge in [-0.25, -0.2) is 0 Å². The summed E-state index contributed by atoms with van der Waals surface area (Å²) < 4.78 is 6.09. The number of rotatable bonds is 4. The van der Waals surface area contributed by atoms with Crippen LogP contribution < -0.4 is 5.32 Å². The minimum Gasteiger partial charge on any atom is -0.486 e. The highest BCUT2D eigenvalue weighted by molar-refractivity contribution is 6.31. The number of ether oxygens (including phenoxy) is 1.